The molecule has 2 aromatic carbocycles. The van der Waals surface area contributed by atoms with Crippen molar-refractivity contribution >= 4 is 11.6 Å². The summed E-state index contributed by atoms with van der Waals surface area (Å²) in [4.78, 5) is 14.1. The van der Waals surface area contributed by atoms with Crippen LogP contribution in [0, 0.1) is 0 Å². The Morgan fingerprint density at radius 1 is 1.19 bits per heavy atom. The van der Waals surface area contributed by atoms with Crippen LogP contribution in [-0.4, -0.2) is 31.5 Å². The molecule has 0 aliphatic heterocycles. The van der Waals surface area contributed by atoms with E-state index in [1.165, 1.54) is 5.56 Å². The molecule has 1 amide bonds. The third-order valence-corrected chi connectivity index (χ3v) is 3.41. The number of nitrogen functional groups attached to an aromatic ring is 1. The van der Waals surface area contributed by atoms with Crippen LogP contribution in [-0.2, 0) is 6.42 Å². The molecule has 0 heterocycles. The summed E-state index contributed by atoms with van der Waals surface area (Å²) in [6.45, 7) is 0.647. The van der Waals surface area contributed by atoms with E-state index in [9.17, 15) is 4.79 Å². The topological polar surface area (TPSA) is 55.6 Å². The van der Waals surface area contributed by atoms with Crippen LogP contribution in [0.5, 0.6) is 5.75 Å². The molecule has 21 heavy (non-hydrogen) atoms. The second-order valence-electron chi connectivity index (χ2n) is 4.92. The first-order valence-electron chi connectivity index (χ1n) is 6.84. The third kappa shape index (κ3) is 3.75. The number of hydrogen-bond acceptors (Lipinski definition) is 3. The summed E-state index contributed by atoms with van der Waals surface area (Å²) in [5.74, 6) is 0.571. The molecular formula is C17H20N2O2. The van der Waals surface area contributed by atoms with E-state index in [0.717, 1.165) is 6.42 Å². The van der Waals surface area contributed by atoms with Gasteiger partial charge in [-0.1, -0.05) is 30.3 Å². The molecule has 4 heteroatoms. The van der Waals surface area contributed by atoms with Gasteiger partial charge in [0.25, 0.3) is 5.91 Å². The molecule has 0 spiro atoms. The van der Waals surface area contributed by atoms with Crippen LogP contribution in [0.1, 0.15) is 15.9 Å². The van der Waals surface area contributed by atoms with Crippen LogP contribution in [0.4, 0.5) is 5.69 Å². The van der Waals surface area contributed by atoms with Gasteiger partial charge in [-0.15, -0.1) is 0 Å². The maximum absolute atomic E-state index is 12.4. The van der Waals surface area contributed by atoms with Crippen LogP contribution in [0.2, 0.25) is 0 Å². The second kappa shape index (κ2) is 6.79. The van der Waals surface area contributed by atoms with E-state index in [0.29, 0.717) is 23.5 Å². The van der Waals surface area contributed by atoms with Gasteiger partial charge in [0, 0.05) is 25.3 Å². The van der Waals surface area contributed by atoms with Gasteiger partial charge in [-0.3, -0.25) is 4.79 Å². The largest absolute Gasteiger partial charge is 0.497 e. The van der Waals surface area contributed by atoms with Crippen molar-refractivity contribution in [1.29, 1.82) is 0 Å². The van der Waals surface area contributed by atoms with Gasteiger partial charge >= 0.3 is 0 Å². The summed E-state index contributed by atoms with van der Waals surface area (Å²) in [5, 5.41) is 0. The van der Waals surface area contributed by atoms with Crippen LogP contribution in [0.25, 0.3) is 0 Å². The number of rotatable bonds is 5. The Balaban J connectivity index is 2.02. The summed E-state index contributed by atoms with van der Waals surface area (Å²) in [6, 6.07) is 15.2. The summed E-state index contributed by atoms with van der Waals surface area (Å²) >= 11 is 0. The predicted octanol–water partition coefficient (Wildman–Crippen LogP) is 2.59. The minimum Gasteiger partial charge on any atom is -0.497 e. The van der Waals surface area contributed by atoms with Crippen molar-refractivity contribution in [3.63, 3.8) is 0 Å². The molecule has 0 aliphatic rings. The minimum atomic E-state index is -0.0777. The zero-order valence-electron chi connectivity index (χ0n) is 12.4. The van der Waals surface area contributed by atoms with Crippen molar-refractivity contribution in [3.8, 4) is 5.75 Å². The lowest BCUT2D eigenvalue weighted by atomic mass is 10.1. The molecule has 0 atom stereocenters. The average molecular weight is 284 g/mol. The maximum Gasteiger partial charge on any atom is 0.255 e. The Morgan fingerprint density at radius 2 is 1.90 bits per heavy atom. The number of likely N-dealkylation sites (N-methyl/N-ethyl adjacent to an activating group) is 1. The maximum atomic E-state index is 12.4. The fourth-order valence-electron chi connectivity index (χ4n) is 2.11. The summed E-state index contributed by atoms with van der Waals surface area (Å²) < 4.78 is 5.09. The van der Waals surface area contributed by atoms with E-state index in [4.69, 9.17) is 10.5 Å². The van der Waals surface area contributed by atoms with Crippen molar-refractivity contribution < 1.29 is 9.53 Å². The number of amides is 1. The van der Waals surface area contributed by atoms with Gasteiger partial charge in [-0.2, -0.15) is 0 Å². The van der Waals surface area contributed by atoms with Crippen LogP contribution < -0.4 is 10.5 Å². The highest BCUT2D eigenvalue weighted by Crippen LogP contribution is 2.20. The fraction of sp³-hybridized carbons (Fsp3) is 0.235. The number of anilines is 1. The number of ether oxygens (including phenoxy) is 1. The Morgan fingerprint density at radius 3 is 2.52 bits per heavy atom. The first kappa shape index (κ1) is 14.9. The summed E-state index contributed by atoms with van der Waals surface area (Å²) in [7, 11) is 3.36. The lowest BCUT2D eigenvalue weighted by molar-refractivity contribution is 0.0797. The van der Waals surface area contributed by atoms with Gasteiger partial charge < -0.3 is 15.4 Å². The van der Waals surface area contributed by atoms with Crippen molar-refractivity contribution in [2.24, 2.45) is 0 Å². The Hall–Kier alpha value is -2.49. The van der Waals surface area contributed by atoms with Crippen LogP contribution >= 0.6 is 0 Å². The molecule has 110 valence electrons. The Kier molecular flexibility index (Phi) is 4.82. The Labute approximate surface area is 125 Å². The molecule has 0 unspecified atom stereocenters. The highest BCUT2D eigenvalue weighted by molar-refractivity contribution is 5.99. The summed E-state index contributed by atoms with van der Waals surface area (Å²) in [6.07, 6.45) is 0.819. The number of benzene rings is 2. The van der Waals surface area contributed by atoms with Crippen molar-refractivity contribution in [3.05, 3.63) is 59.7 Å². The minimum absolute atomic E-state index is 0.0777. The molecule has 4 nitrogen and oxygen atoms in total. The standard InChI is InChI=1S/C17H20N2O2/c1-19(11-10-13-6-4-3-5-7-13)17(20)15-9-8-14(21-2)12-16(15)18/h3-9,12H,10-11,18H2,1-2H3. The van der Waals surface area contributed by atoms with E-state index < -0.39 is 0 Å². The van der Waals surface area contributed by atoms with Crippen molar-refractivity contribution in [2.45, 2.75) is 6.42 Å². The predicted molar refractivity (Wildman–Crippen MR) is 84.5 cm³/mol. The number of carbonyl (C=O) groups is 1. The first-order valence-corrected chi connectivity index (χ1v) is 6.84. The molecule has 0 saturated heterocycles. The van der Waals surface area contributed by atoms with Gasteiger partial charge in [0.05, 0.1) is 12.7 Å². The second-order valence-corrected chi connectivity index (χ2v) is 4.92. The number of carbonyl (C=O) groups excluding carboxylic acids is 1. The average Bonchev–Trinajstić information content (AvgIpc) is 2.52. The molecule has 2 aromatic rings. The molecule has 0 radical (unpaired) electrons. The Bertz CT molecular complexity index is 611. The van der Waals surface area contributed by atoms with Gasteiger partial charge in [0.1, 0.15) is 5.75 Å². The SMILES string of the molecule is COc1ccc(C(=O)N(C)CCc2ccccc2)c(N)c1. The van der Waals surface area contributed by atoms with Gasteiger partial charge in [0.15, 0.2) is 0 Å². The van der Waals surface area contributed by atoms with Crippen molar-refractivity contribution in [2.75, 3.05) is 26.4 Å². The monoisotopic (exact) mass is 284 g/mol. The van der Waals surface area contributed by atoms with Crippen LogP contribution in [0.3, 0.4) is 0 Å². The lowest BCUT2D eigenvalue weighted by Crippen LogP contribution is -2.29. The van der Waals surface area contributed by atoms with E-state index in [1.54, 1.807) is 37.3 Å². The van der Waals surface area contributed by atoms with E-state index in [1.807, 2.05) is 18.2 Å². The molecule has 0 fully saturated rings. The molecule has 0 bridgehead atoms. The normalized spacial score (nSPS) is 10.2. The number of nitrogens with zero attached hydrogens (tertiary/aromatic N) is 1. The van der Waals surface area contributed by atoms with E-state index in [2.05, 4.69) is 12.1 Å². The fourth-order valence-corrected chi connectivity index (χ4v) is 2.11. The van der Waals surface area contributed by atoms with E-state index >= 15 is 0 Å². The molecule has 0 aromatic heterocycles. The zero-order valence-corrected chi connectivity index (χ0v) is 12.4. The highest BCUT2D eigenvalue weighted by Gasteiger charge is 2.15. The smallest absolute Gasteiger partial charge is 0.255 e. The number of hydrogen-bond donors (Lipinski definition) is 1. The third-order valence-electron chi connectivity index (χ3n) is 3.41. The molecule has 0 aliphatic carbocycles. The quantitative estimate of drug-likeness (QED) is 0.859. The molecule has 2 N–H and O–H groups in total. The van der Waals surface area contributed by atoms with Gasteiger partial charge in [0.2, 0.25) is 0 Å². The highest BCUT2D eigenvalue weighted by atomic mass is 16.5. The molecule has 2 rings (SSSR count). The van der Waals surface area contributed by atoms with Gasteiger partial charge in [-0.05, 0) is 24.1 Å². The summed E-state index contributed by atoms with van der Waals surface area (Å²) in [5.41, 5.74) is 8.07. The van der Waals surface area contributed by atoms with Crippen molar-refractivity contribution in [1.82, 2.24) is 4.90 Å². The molecule has 0 saturated carbocycles. The van der Waals surface area contributed by atoms with Crippen LogP contribution in [0.15, 0.2) is 48.5 Å². The zero-order chi connectivity index (χ0) is 15.2. The van der Waals surface area contributed by atoms with E-state index in [-0.39, 0.29) is 5.91 Å². The number of methoxy groups -OCH3 is 1. The number of nitrogens with two attached hydrogens (primary N) is 1. The molecular weight excluding hydrogens is 264 g/mol. The lowest BCUT2D eigenvalue weighted by Gasteiger charge is -2.18. The van der Waals surface area contributed by atoms with Gasteiger partial charge in [-0.25, -0.2) is 0 Å². The first-order chi connectivity index (χ1) is 10.1.